The number of ether oxygens (including phenoxy) is 1. The maximum atomic E-state index is 5.75. The summed E-state index contributed by atoms with van der Waals surface area (Å²) in [5.41, 5.74) is 6.21. The molecule has 1 aliphatic heterocycles. The summed E-state index contributed by atoms with van der Waals surface area (Å²) in [7, 11) is 0. The fraction of sp³-hybridized carbons (Fsp3) is 1.00. The van der Waals surface area contributed by atoms with E-state index in [-0.39, 0.29) is 0 Å². The SMILES string of the molecule is CC1(CNC2CC(N)C2)CCOCC1. The smallest absolute Gasteiger partial charge is 0.0471 e. The van der Waals surface area contributed by atoms with Gasteiger partial charge in [-0.05, 0) is 31.1 Å². The number of rotatable bonds is 3. The highest BCUT2D eigenvalue weighted by Crippen LogP contribution is 2.29. The van der Waals surface area contributed by atoms with Crippen LogP contribution in [-0.4, -0.2) is 31.8 Å². The van der Waals surface area contributed by atoms with Crippen LogP contribution in [0.4, 0.5) is 0 Å². The van der Waals surface area contributed by atoms with Gasteiger partial charge in [-0.2, -0.15) is 0 Å². The summed E-state index contributed by atoms with van der Waals surface area (Å²) in [5.74, 6) is 0. The number of nitrogens with two attached hydrogens (primary N) is 1. The summed E-state index contributed by atoms with van der Waals surface area (Å²) in [5, 5.41) is 3.62. The van der Waals surface area contributed by atoms with Gasteiger partial charge in [0.1, 0.15) is 0 Å². The van der Waals surface area contributed by atoms with Gasteiger partial charge in [0, 0.05) is 31.8 Å². The van der Waals surface area contributed by atoms with Gasteiger partial charge in [-0.1, -0.05) is 6.92 Å². The molecular formula is C11H22N2O. The van der Waals surface area contributed by atoms with Crippen LogP contribution < -0.4 is 11.1 Å². The Hall–Kier alpha value is -0.120. The van der Waals surface area contributed by atoms with Crippen LogP contribution in [0, 0.1) is 5.41 Å². The van der Waals surface area contributed by atoms with Gasteiger partial charge in [-0.3, -0.25) is 0 Å². The molecule has 0 bridgehead atoms. The van der Waals surface area contributed by atoms with Crippen LogP contribution in [0.2, 0.25) is 0 Å². The second-order valence-corrected chi connectivity index (χ2v) is 5.23. The molecule has 1 saturated carbocycles. The fourth-order valence-electron chi connectivity index (χ4n) is 2.26. The Kier molecular flexibility index (Phi) is 3.10. The summed E-state index contributed by atoms with van der Waals surface area (Å²) in [6, 6.07) is 1.14. The number of nitrogens with one attached hydrogen (secondary N) is 1. The molecule has 3 N–H and O–H groups in total. The Morgan fingerprint density at radius 2 is 2.00 bits per heavy atom. The van der Waals surface area contributed by atoms with Crippen molar-refractivity contribution in [1.82, 2.24) is 5.32 Å². The molecule has 2 rings (SSSR count). The zero-order valence-electron chi connectivity index (χ0n) is 9.09. The van der Waals surface area contributed by atoms with Crippen LogP contribution in [-0.2, 0) is 4.74 Å². The first-order valence-corrected chi connectivity index (χ1v) is 5.75. The van der Waals surface area contributed by atoms with Gasteiger partial charge in [0.25, 0.3) is 0 Å². The number of hydrogen-bond donors (Lipinski definition) is 2. The van der Waals surface area contributed by atoms with Crippen molar-refractivity contribution in [1.29, 1.82) is 0 Å². The van der Waals surface area contributed by atoms with Crippen LogP contribution in [0.15, 0.2) is 0 Å². The molecule has 1 saturated heterocycles. The molecule has 0 aromatic rings. The largest absolute Gasteiger partial charge is 0.381 e. The Labute approximate surface area is 86.4 Å². The average molecular weight is 198 g/mol. The third kappa shape index (κ3) is 2.47. The maximum Gasteiger partial charge on any atom is 0.0471 e. The van der Waals surface area contributed by atoms with E-state index in [0.29, 0.717) is 17.5 Å². The first kappa shape index (κ1) is 10.4. The lowest BCUT2D eigenvalue weighted by atomic mass is 9.80. The van der Waals surface area contributed by atoms with Gasteiger partial charge >= 0.3 is 0 Å². The molecule has 0 unspecified atom stereocenters. The molecule has 1 heterocycles. The maximum absolute atomic E-state index is 5.75. The highest BCUT2D eigenvalue weighted by atomic mass is 16.5. The normalized spacial score (nSPS) is 36.4. The Bertz CT molecular complexity index is 184. The third-order valence-corrected chi connectivity index (χ3v) is 3.69. The average Bonchev–Trinajstić information content (AvgIpc) is 2.12. The molecule has 82 valence electrons. The van der Waals surface area contributed by atoms with Gasteiger partial charge in [-0.15, -0.1) is 0 Å². The molecule has 3 nitrogen and oxygen atoms in total. The third-order valence-electron chi connectivity index (χ3n) is 3.69. The van der Waals surface area contributed by atoms with Crippen LogP contribution in [0.3, 0.4) is 0 Å². The molecule has 0 spiro atoms. The van der Waals surface area contributed by atoms with E-state index >= 15 is 0 Å². The molecule has 0 atom stereocenters. The second-order valence-electron chi connectivity index (χ2n) is 5.23. The van der Waals surface area contributed by atoms with E-state index in [1.54, 1.807) is 0 Å². The standard InChI is InChI=1S/C11H22N2O/c1-11(2-4-14-5-3-11)8-13-10-6-9(12)7-10/h9-10,13H,2-8,12H2,1H3. The van der Waals surface area contributed by atoms with Gasteiger partial charge in [-0.25, -0.2) is 0 Å². The van der Waals surface area contributed by atoms with E-state index in [2.05, 4.69) is 12.2 Å². The van der Waals surface area contributed by atoms with Gasteiger partial charge in [0.15, 0.2) is 0 Å². The lowest BCUT2D eigenvalue weighted by Gasteiger charge is -2.39. The lowest BCUT2D eigenvalue weighted by molar-refractivity contribution is 0.0212. The minimum atomic E-state index is 0.454. The number of hydrogen-bond acceptors (Lipinski definition) is 3. The summed E-state index contributed by atoms with van der Waals surface area (Å²) in [6.07, 6.45) is 4.71. The Morgan fingerprint density at radius 3 is 2.57 bits per heavy atom. The topological polar surface area (TPSA) is 47.3 Å². The highest BCUT2D eigenvalue weighted by molar-refractivity contribution is 4.90. The van der Waals surface area contributed by atoms with Gasteiger partial charge in [0.2, 0.25) is 0 Å². The molecular weight excluding hydrogens is 176 g/mol. The van der Waals surface area contributed by atoms with Gasteiger partial charge in [0.05, 0.1) is 0 Å². The van der Waals surface area contributed by atoms with Crippen molar-refractivity contribution < 1.29 is 4.74 Å². The van der Waals surface area contributed by atoms with Crippen LogP contribution >= 0.6 is 0 Å². The first-order valence-electron chi connectivity index (χ1n) is 5.75. The van der Waals surface area contributed by atoms with Crippen molar-refractivity contribution in [2.75, 3.05) is 19.8 Å². The molecule has 0 aromatic carbocycles. The Balaban J connectivity index is 1.68. The summed E-state index contributed by atoms with van der Waals surface area (Å²) in [4.78, 5) is 0. The van der Waals surface area contributed by atoms with Crippen molar-refractivity contribution in [2.24, 2.45) is 11.1 Å². The monoisotopic (exact) mass is 198 g/mol. The molecule has 0 radical (unpaired) electrons. The van der Waals surface area contributed by atoms with Crippen LogP contribution in [0.25, 0.3) is 0 Å². The van der Waals surface area contributed by atoms with E-state index < -0.39 is 0 Å². The van der Waals surface area contributed by atoms with Crippen molar-refractivity contribution in [3.05, 3.63) is 0 Å². The summed E-state index contributed by atoms with van der Waals surface area (Å²) in [6.45, 7) is 5.36. The molecule has 2 fully saturated rings. The second kappa shape index (κ2) is 4.17. The minimum Gasteiger partial charge on any atom is -0.381 e. The predicted molar refractivity (Wildman–Crippen MR) is 57.2 cm³/mol. The van der Waals surface area contributed by atoms with Crippen LogP contribution in [0.1, 0.15) is 32.6 Å². The van der Waals surface area contributed by atoms with Gasteiger partial charge < -0.3 is 15.8 Å². The molecule has 14 heavy (non-hydrogen) atoms. The lowest BCUT2D eigenvalue weighted by Crippen LogP contribution is -2.51. The van der Waals surface area contributed by atoms with E-state index in [0.717, 1.165) is 32.6 Å². The quantitative estimate of drug-likeness (QED) is 0.708. The minimum absolute atomic E-state index is 0.454. The molecule has 0 amide bonds. The fourth-order valence-corrected chi connectivity index (χ4v) is 2.26. The first-order chi connectivity index (χ1) is 6.68. The van der Waals surface area contributed by atoms with Crippen molar-refractivity contribution in [3.63, 3.8) is 0 Å². The predicted octanol–water partition coefficient (Wildman–Crippen LogP) is 0.882. The molecule has 2 aliphatic rings. The van der Waals surface area contributed by atoms with Crippen molar-refractivity contribution in [2.45, 2.75) is 44.7 Å². The zero-order valence-corrected chi connectivity index (χ0v) is 9.09. The van der Waals surface area contributed by atoms with E-state index in [4.69, 9.17) is 10.5 Å². The molecule has 0 aromatic heterocycles. The van der Waals surface area contributed by atoms with E-state index in [1.165, 1.54) is 12.8 Å². The molecule has 1 aliphatic carbocycles. The van der Waals surface area contributed by atoms with Crippen molar-refractivity contribution in [3.8, 4) is 0 Å². The van der Waals surface area contributed by atoms with Crippen LogP contribution in [0.5, 0.6) is 0 Å². The summed E-state index contributed by atoms with van der Waals surface area (Å²) >= 11 is 0. The van der Waals surface area contributed by atoms with E-state index in [9.17, 15) is 0 Å². The van der Waals surface area contributed by atoms with Crippen molar-refractivity contribution >= 4 is 0 Å². The van der Waals surface area contributed by atoms with E-state index in [1.807, 2.05) is 0 Å². The Morgan fingerprint density at radius 1 is 1.36 bits per heavy atom. The summed E-state index contributed by atoms with van der Waals surface area (Å²) < 4.78 is 5.38. The zero-order chi connectivity index (χ0) is 10.0. The highest BCUT2D eigenvalue weighted by Gasteiger charge is 2.31. The molecule has 3 heteroatoms.